The van der Waals surface area contributed by atoms with Gasteiger partial charge in [-0.05, 0) is 72.7 Å². The lowest BCUT2D eigenvalue weighted by molar-refractivity contribution is -0.121. The highest BCUT2D eigenvalue weighted by Gasteiger charge is 2.00. The molecule has 0 aromatic heterocycles. The second kappa shape index (κ2) is 12.2. The fourth-order valence-corrected chi connectivity index (χ4v) is 1.90. The van der Waals surface area contributed by atoms with Crippen LogP contribution in [0.4, 0.5) is 0 Å². The third kappa shape index (κ3) is 9.39. The highest BCUT2D eigenvalue weighted by atomic mass is 127. The molecule has 0 fully saturated rings. The lowest BCUT2D eigenvalue weighted by Crippen LogP contribution is -2.25. The SMILES string of the molecule is Cl.NCCCCNC(=O)CCCOc1ccc(I)cc1. The fourth-order valence-electron chi connectivity index (χ4n) is 1.54. The maximum Gasteiger partial charge on any atom is 0.220 e. The summed E-state index contributed by atoms with van der Waals surface area (Å²) in [7, 11) is 0. The summed E-state index contributed by atoms with van der Waals surface area (Å²) in [5.74, 6) is 0.937. The summed E-state index contributed by atoms with van der Waals surface area (Å²) >= 11 is 2.25. The minimum Gasteiger partial charge on any atom is -0.494 e. The van der Waals surface area contributed by atoms with Crippen molar-refractivity contribution in [3.63, 3.8) is 0 Å². The Kier molecular flexibility index (Phi) is 11.9. The maximum absolute atomic E-state index is 11.5. The number of nitrogens with two attached hydrogens (primary N) is 1. The number of amides is 1. The second-order valence-electron chi connectivity index (χ2n) is 4.25. The highest BCUT2D eigenvalue weighted by molar-refractivity contribution is 14.1. The van der Waals surface area contributed by atoms with Crippen molar-refractivity contribution in [2.24, 2.45) is 5.73 Å². The number of hydrogen-bond donors (Lipinski definition) is 2. The van der Waals surface area contributed by atoms with Gasteiger partial charge in [-0.1, -0.05) is 0 Å². The Morgan fingerprint density at radius 3 is 2.55 bits per heavy atom. The van der Waals surface area contributed by atoms with Crippen LogP contribution in [0.15, 0.2) is 24.3 Å². The molecular weight excluding hydrogens is 391 g/mol. The van der Waals surface area contributed by atoms with E-state index in [2.05, 4.69) is 27.9 Å². The first-order chi connectivity index (χ1) is 9.22. The molecule has 1 rings (SSSR count). The molecule has 0 bridgehead atoms. The largest absolute Gasteiger partial charge is 0.494 e. The van der Waals surface area contributed by atoms with Gasteiger partial charge in [0.1, 0.15) is 5.75 Å². The molecule has 20 heavy (non-hydrogen) atoms. The van der Waals surface area contributed by atoms with Crippen molar-refractivity contribution < 1.29 is 9.53 Å². The summed E-state index contributed by atoms with van der Waals surface area (Å²) in [6, 6.07) is 7.88. The molecular formula is C14H22ClIN2O2. The van der Waals surface area contributed by atoms with Crippen molar-refractivity contribution in [1.82, 2.24) is 5.32 Å². The third-order valence-electron chi connectivity index (χ3n) is 2.58. The third-order valence-corrected chi connectivity index (χ3v) is 3.30. The molecule has 3 N–H and O–H groups in total. The van der Waals surface area contributed by atoms with Crippen LogP contribution in [-0.4, -0.2) is 25.6 Å². The van der Waals surface area contributed by atoms with E-state index >= 15 is 0 Å². The van der Waals surface area contributed by atoms with Gasteiger partial charge in [-0.15, -0.1) is 12.4 Å². The van der Waals surface area contributed by atoms with Gasteiger partial charge < -0.3 is 15.8 Å². The van der Waals surface area contributed by atoms with E-state index in [1.807, 2.05) is 24.3 Å². The minimum absolute atomic E-state index is 0. The number of unbranched alkanes of at least 4 members (excludes halogenated alkanes) is 1. The molecule has 6 heteroatoms. The Hall–Kier alpha value is -0.530. The summed E-state index contributed by atoms with van der Waals surface area (Å²) in [4.78, 5) is 11.5. The van der Waals surface area contributed by atoms with Gasteiger partial charge in [0.25, 0.3) is 0 Å². The molecule has 0 aliphatic rings. The summed E-state index contributed by atoms with van der Waals surface area (Å²) < 4.78 is 6.74. The standard InChI is InChI=1S/C14H21IN2O2.ClH/c15-12-5-7-13(8-6-12)19-11-3-4-14(18)17-10-2-1-9-16;/h5-8H,1-4,9-11,16H2,(H,17,18);1H. The molecule has 0 saturated heterocycles. The monoisotopic (exact) mass is 412 g/mol. The second-order valence-corrected chi connectivity index (χ2v) is 5.50. The quantitative estimate of drug-likeness (QED) is 0.484. The molecule has 0 aliphatic carbocycles. The fraction of sp³-hybridized carbons (Fsp3) is 0.500. The number of carbonyl (C=O) groups is 1. The van der Waals surface area contributed by atoms with Crippen LogP contribution in [0, 0.1) is 3.57 Å². The van der Waals surface area contributed by atoms with E-state index in [4.69, 9.17) is 10.5 Å². The van der Waals surface area contributed by atoms with Crippen molar-refractivity contribution >= 4 is 40.9 Å². The normalized spacial score (nSPS) is 9.70. The van der Waals surface area contributed by atoms with E-state index in [1.165, 1.54) is 3.57 Å². The van der Waals surface area contributed by atoms with E-state index in [1.54, 1.807) is 0 Å². The van der Waals surface area contributed by atoms with E-state index in [0.717, 1.165) is 25.0 Å². The molecule has 0 radical (unpaired) electrons. The first kappa shape index (κ1) is 19.5. The topological polar surface area (TPSA) is 64.3 Å². The molecule has 4 nitrogen and oxygen atoms in total. The van der Waals surface area contributed by atoms with E-state index < -0.39 is 0 Å². The Labute approximate surface area is 140 Å². The average Bonchev–Trinajstić information content (AvgIpc) is 2.42. The summed E-state index contributed by atoms with van der Waals surface area (Å²) in [6.07, 6.45) is 3.14. The van der Waals surface area contributed by atoms with Crippen LogP contribution in [0.25, 0.3) is 0 Å². The lowest BCUT2D eigenvalue weighted by atomic mass is 10.3. The van der Waals surface area contributed by atoms with Gasteiger partial charge in [0.05, 0.1) is 6.61 Å². The van der Waals surface area contributed by atoms with Crippen LogP contribution >= 0.6 is 35.0 Å². The lowest BCUT2D eigenvalue weighted by Gasteiger charge is -2.07. The van der Waals surface area contributed by atoms with Crippen molar-refractivity contribution in [2.75, 3.05) is 19.7 Å². The first-order valence-electron chi connectivity index (χ1n) is 6.57. The summed E-state index contributed by atoms with van der Waals surface area (Å²) in [6.45, 7) is 1.96. The van der Waals surface area contributed by atoms with Crippen molar-refractivity contribution in [1.29, 1.82) is 0 Å². The van der Waals surface area contributed by atoms with Crippen LogP contribution in [-0.2, 0) is 4.79 Å². The van der Waals surface area contributed by atoms with Crippen LogP contribution in [0.1, 0.15) is 25.7 Å². The molecule has 1 aromatic carbocycles. The van der Waals surface area contributed by atoms with Crippen molar-refractivity contribution in [3.8, 4) is 5.75 Å². The summed E-state index contributed by atoms with van der Waals surface area (Å²) in [5, 5.41) is 2.87. The number of hydrogen-bond acceptors (Lipinski definition) is 3. The minimum atomic E-state index is 0. The smallest absolute Gasteiger partial charge is 0.220 e. The Balaban J connectivity index is 0.00000361. The Morgan fingerprint density at radius 2 is 1.90 bits per heavy atom. The molecule has 1 aromatic rings. The van der Waals surface area contributed by atoms with Gasteiger partial charge in [-0.3, -0.25) is 4.79 Å². The van der Waals surface area contributed by atoms with Crippen LogP contribution < -0.4 is 15.8 Å². The molecule has 0 unspecified atom stereocenters. The molecule has 0 heterocycles. The van der Waals surface area contributed by atoms with E-state index in [9.17, 15) is 4.79 Å². The van der Waals surface area contributed by atoms with Crippen molar-refractivity contribution in [3.05, 3.63) is 27.8 Å². The zero-order chi connectivity index (χ0) is 13.9. The first-order valence-corrected chi connectivity index (χ1v) is 7.65. The Bertz CT molecular complexity index is 374. The number of ether oxygens (including phenoxy) is 1. The zero-order valence-corrected chi connectivity index (χ0v) is 14.4. The highest BCUT2D eigenvalue weighted by Crippen LogP contribution is 2.13. The number of halogens is 2. The van der Waals surface area contributed by atoms with E-state index in [0.29, 0.717) is 26.1 Å². The van der Waals surface area contributed by atoms with Crippen LogP contribution in [0.5, 0.6) is 5.75 Å². The van der Waals surface area contributed by atoms with Gasteiger partial charge >= 0.3 is 0 Å². The predicted molar refractivity (Wildman–Crippen MR) is 92.4 cm³/mol. The number of benzene rings is 1. The number of nitrogens with one attached hydrogen (secondary N) is 1. The molecule has 0 aliphatic heterocycles. The van der Waals surface area contributed by atoms with Gasteiger partial charge in [0.15, 0.2) is 0 Å². The molecule has 0 saturated carbocycles. The van der Waals surface area contributed by atoms with Crippen molar-refractivity contribution in [2.45, 2.75) is 25.7 Å². The number of rotatable bonds is 9. The zero-order valence-electron chi connectivity index (χ0n) is 11.4. The van der Waals surface area contributed by atoms with E-state index in [-0.39, 0.29) is 18.3 Å². The Morgan fingerprint density at radius 1 is 1.20 bits per heavy atom. The number of carbonyl (C=O) groups excluding carboxylic acids is 1. The van der Waals surface area contributed by atoms with Crippen LogP contribution in [0.3, 0.4) is 0 Å². The molecule has 0 spiro atoms. The van der Waals surface area contributed by atoms with Gasteiger partial charge in [-0.25, -0.2) is 0 Å². The van der Waals surface area contributed by atoms with Crippen LogP contribution in [0.2, 0.25) is 0 Å². The predicted octanol–water partition coefficient (Wildman–Crippen LogP) is 2.73. The molecule has 1 amide bonds. The van der Waals surface area contributed by atoms with Gasteiger partial charge in [-0.2, -0.15) is 0 Å². The van der Waals surface area contributed by atoms with Gasteiger partial charge in [0.2, 0.25) is 5.91 Å². The maximum atomic E-state index is 11.5. The molecule has 114 valence electrons. The summed E-state index contributed by atoms with van der Waals surface area (Å²) in [5.41, 5.74) is 5.38. The molecule has 0 atom stereocenters. The average molecular weight is 413 g/mol. The van der Waals surface area contributed by atoms with Gasteiger partial charge in [0, 0.05) is 16.5 Å².